The van der Waals surface area contributed by atoms with E-state index in [0.29, 0.717) is 5.69 Å². The summed E-state index contributed by atoms with van der Waals surface area (Å²) in [4.78, 5) is 0. The summed E-state index contributed by atoms with van der Waals surface area (Å²) in [7, 11) is 0. The lowest BCUT2D eigenvalue weighted by atomic mass is 10.1. The molecule has 0 unspecified atom stereocenters. The van der Waals surface area contributed by atoms with E-state index in [4.69, 9.17) is 0 Å². The summed E-state index contributed by atoms with van der Waals surface area (Å²) in [5.41, 5.74) is 4.04. The second-order valence-electron chi connectivity index (χ2n) is 4.33. The Morgan fingerprint density at radius 2 is 1.55 bits per heavy atom. The molecule has 0 aromatic heterocycles. The van der Waals surface area contributed by atoms with Crippen LogP contribution in [0.25, 0.3) is 10.8 Å². The van der Waals surface area contributed by atoms with Gasteiger partial charge in [-0.1, -0.05) is 53.8 Å². The van der Waals surface area contributed by atoms with Gasteiger partial charge in [-0.3, -0.25) is 5.43 Å². The molecule has 0 amide bonds. The maximum absolute atomic E-state index is 10.2. The lowest BCUT2D eigenvalue weighted by Crippen LogP contribution is -1.88. The molecule has 2 N–H and O–H groups in total. The minimum Gasteiger partial charge on any atom is -0.505 e. The van der Waals surface area contributed by atoms with E-state index >= 15 is 0 Å². The molecule has 0 heterocycles. The summed E-state index contributed by atoms with van der Waals surface area (Å²) in [6.07, 6.45) is 0. The highest BCUT2D eigenvalue weighted by atomic mass is 16.3. The predicted octanol–water partition coefficient (Wildman–Crippen LogP) is 4.66. The van der Waals surface area contributed by atoms with Gasteiger partial charge in [-0.15, -0.1) is 5.11 Å². The summed E-state index contributed by atoms with van der Waals surface area (Å²) < 4.78 is 0. The van der Waals surface area contributed by atoms with Crippen LogP contribution in [0, 0.1) is 0 Å². The smallest absolute Gasteiger partial charge is 0.148 e. The molecule has 20 heavy (non-hydrogen) atoms. The van der Waals surface area contributed by atoms with Gasteiger partial charge in [-0.05, 0) is 23.6 Å². The number of benzene rings is 3. The molecular weight excluding hydrogens is 250 g/mol. The lowest BCUT2D eigenvalue weighted by Gasteiger charge is -2.06. The molecule has 0 fully saturated rings. The molecule has 0 aliphatic heterocycles. The molecule has 0 bridgehead atoms. The third kappa shape index (κ3) is 2.44. The van der Waals surface area contributed by atoms with Gasteiger partial charge in [0.25, 0.3) is 0 Å². The maximum atomic E-state index is 10.2. The Kier molecular flexibility index (Phi) is 3.29. The SMILES string of the molecule is Oc1c(N/N=N/c2ccccc2)ccc2ccccc12. The van der Waals surface area contributed by atoms with Crippen molar-refractivity contribution in [1.82, 2.24) is 0 Å². The number of phenolic OH excluding ortho intramolecular Hbond substituents is 1. The van der Waals surface area contributed by atoms with Crippen molar-refractivity contribution in [3.63, 3.8) is 0 Å². The quantitative estimate of drug-likeness (QED) is 0.410. The van der Waals surface area contributed by atoms with Crippen LogP contribution in [0.2, 0.25) is 0 Å². The average Bonchev–Trinajstić information content (AvgIpc) is 2.51. The van der Waals surface area contributed by atoms with Gasteiger partial charge in [0.2, 0.25) is 0 Å². The number of aromatic hydroxyl groups is 1. The monoisotopic (exact) mass is 263 g/mol. The van der Waals surface area contributed by atoms with Crippen LogP contribution in [0.1, 0.15) is 0 Å². The fraction of sp³-hybridized carbons (Fsp3) is 0. The van der Waals surface area contributed by atoms with Crippen molar-refractivity contribution in [2.45, 2.75) is 0 Å². The van der Waals surface area contributed by atoms with Gasteiger partial charge in [-0.2, -0.15) is 0 Å². The number of hydrogen-bond donors (Lipinski definition) is 2. The third-order valence-electron chi connectivity index (χ3n) is 2.99. The fourth-order valence-electron chi connectivity index (χ4n) is 1.98. The molecule has 0 saturated carbocycles. The highest BCUT2D eigenvalue weighted by Gasteiger charge is 2.04. The molecular formula is C16H13N3O. The first-order valence-corrected chi connectivity index (χ1v) is 6.27. The lowest BCUT2D eigenvalue weighted by molar-refractivity contribution is 0.483. The van der Waals surface area contributed by atoms with E-state index in [0.717, 1.165) is 16.5 Å². The molecule has 0 atom stereocenters. The number of nitrogens with one attached hydrogen (secondary N) is 1. The second kappa shape index (κ2) is 5.40. The number of rotatable bonds is 3. The van der Waals surface area contributed by atoms with Crippen molar-refractivity contribution in [2.75, 3.05) is 5.43 Å². The van der Waals surface area contributed by atoms with Crippen LogP contribution in [0.4, 0.5) is 11.4 Å². The van der Waals surface area contributed by atoms with E-state index < -0.39 is 0 Å². The van der Waals surface area contributed by atoms with Crippen LogP contribution in [0.5, 0.6) is 5.75 Å². The van der Waals surface area contributed by atoms with Crippen LogP contribution in [-0.4, -0.2) is 5.11 Å². The molecule has 0 saturated heterocycles. The summed E-state index contributed by atoms with van der Waals surface area (Å²) in [5.74, 6) is 0.176. The summed E-state index contributed by atoms with van der Waals surface area (Å²) >= 11 is 0. The number of fused-ring (bicyclic) bond motifs is 1. The van der Waals surface area contributed by atoms with Crippen molar-refractivity contribution in [2.24, 2.45) is 10.3 Å². The molecule has 0 aliphatic rings. The van der Waals surface area contributed by atoms with Crippen molar-refractivity contribution in [1.29, 1.82) is 0 Å². The van der Waals surface area contributed by atoms with E-state index in [2.05, 4.69) is 15.8 Å². The fourth-order valence-corrected chi connectivity index (χ4v) is 1.98. The summed E-state index contributed by atoms with van der Waals surface area (Å²) in [5, 5.41) is 19.9. The van der Waals surface area contributed by atoms with Crippen LogP contribution < -0.4 is 5.43 Å². The maximum Gasteiger partial charge on any atom is 0.148 e. The van der Waals surface area contributed by atoms with Gasteiger partial charge in [-0.25, -0.2) is 0 Å². The van der Waals surface area contributed by atoms with Gasteiger partial charge in [0.15, 0.2) is 0 Å². The largest absolute Gasteiger partial charge is 0.505 e. The Morgan fingerprint density at radius 3 is 2.40 bits per heavy atom. The molecule has 3 rings (SSSR count). The Labute approximate surface area is 116 Å². The van der Waals surface area contributed by atoms with Crippen molar-refractivity contribution < 1.29 is 5.11 Å². The van der Waals surface area contributed by atoms with Crippen LogP contribution >= 0.6 is 0 Å². The van der Waals surface area contributed by atoms with Gasteiger partial charge in [0.1, 0.15) is 11.4 Å². The highest BCUT2D eigenvalue weighted by molar-refractivity contribution is 5.92. The summed E-state index contributed by atoms with van der Waals surface area (Å²) in [6.45, 7) is 0. The van der Waals surface area contributed by atoms with E-state index in [1.54, 1.807) is 6.07 Å². The summed E-state index contributed by atoms with van der Waals surface area (Å²) in [6, 6.07) is 20.7. The zero-order valence-electron chi connectivity index (χ0n) is 10.7. The van der Waals surface area contributed by atoms with Crippen molar-refractivity contribution in [3.05, 3.63) is 66.7 Å². The first-order valence-electron chi connectivity index (χ1n) is 6.27. The first kappa shape index (κ1) is 12.2. The Bertz CT molecular complexity index is 754. The molecule has 0 spiro atoms. The zero-order valence-corrected chi connectivity index (χ0v) is 10.7. The number of hydrogen-bond acceptors (Lipinski definition) is 3. The van der Waals surface area contributed by atoms with Crippen LogP contribution in [0.3, 0.4) is 0 Å². The topological polar surface area (TPSA) is 57.0 Å². The molecule has 98 valence electrons. The number of phenols is 1. The minimum absolute atomic E-state index is 0.176. The van der Waals surface area contributed by atoms with Gasteiger partial charge < -0.3 is 5.11 Å². The Morgan fingerprint density at radius 1 is 0.800 bits per heavy atom. The van der Waals surface area contributed by atoms with E-state index in [9.17, 15) is 5.11 Å². The minimum atomic E-state index is 0.176. The van der Waals surface area contributed by atoms with Gasteiger partial charge in [0, 0.05) is 5.39 Å². The molecule has 3 aromatic rings. The zero-order chi connectivity index (χ0) is 13.8. The molecule has 0 aliphatic carbocycles. The van der Waals surface area contributed by atoms with E-state index in [1.165, 1.54) is 0 Å². The van der Waals surface area contributed by atoms with E-state index in [1.807, 2.05) is 60.7 Å². The number of nitrogens with zero attached hydrogens (tertiary/aromatic N) is 2. The number of anilines is 1. The van der Waals surface area contributed by atoms with Gasteiger partial charge in [0.05, 0.1) is 5.69 Å². The predicted molar refractivity (Wildman–Crippen MR) is 80.2 cm³/mol. The molecule has 4 heteroatoms. The highest BCUT2D eigenvalue weighted by Crippen LogP contribution is 2.32. The second-order valence-corrected chi connectivity index (χ2v) is 4.33. The van der Waals surface area contributed by atoms with Crippen molar-refractivity contribution >= 4 is 22.1 Å². The van der Waals surface area contributed by atoms with Gasteiger partial charge >= 0.3 is 0 Å². The standard InChI is InChI=1S/C16H13N3O/c20-16-14-9-5-4-6-12(14)10-11-15(16)18-19-17-13-7-2-1-3-8-13/h1-11,20H,(H,17,18). The molecule has 0 radical (unpaired) electrons. The van der Waals surface area contributed by atoms with Crippen molar-refractivity contribution in [3.8, 4) is 5.75 Å². The average molecular weight is 263 g/mol. The molecule has 4 nitrogen and oxygen atoms in total. The molecule has 3 aromatic carbocycles. The Hall–Kier alpha value is -2.88. The Balaban J connectivity index is 1.85. The van der Waals surface area contributed by atoms with E-state index in [-0.39, 0.29) is 5.75 Å². The first-order chi connectivity index (χ1) is 9.84. The third-order valence-corrected chi connectivity index (χ3v) is 2.99. The van der Waals surface area contributed by atoms with Crippen LogP contribution in [0.15, 0.2) is 77.1 Å². The van der Waals surface area contributed by atoms with Crippen LogP contribution in [-0.2, 0) is 0 Å². The normalized spacial score (nSPS) is 11.0.